The van der Waals surface area contributed by atoms with E-state index in [1.54, 1.807) is 12.4 Å². The van der Waals surface area contributed by atoms with E-state index in [-0.39, 0.29) is 5.69 Å². The van der Waals surface area contributed by atoms with Crippen LogP contribution in [-0.4, -0.2) is 9.97 Å². The van der Waals surface area contributed by atoms with E-state index in [1.165, 1.54) is 44.9 Å². The molecule has 3 nitrogen and oxygen atoms in total. The molecule has 0 radical (unpaired) electrons. The van der Waals surface area contributed by atoms with Crippen molar-refractivity contribution in [1.82, 2.24) is 9.97 Å². The SMILES string of the molecule is CCCCCCCCCc1cnc(=O)[nH]c1. The van der Waals surface area contributed by atoms with E-state index < -0.39 is 0 Å². The van der Waals surface area contributed by atoms with Gasteiger partial charge >= 0.3 is 5.69 Å². The Kier molecular flexibility index (Phi) is 6.54. The van der Waals surface area contributed by atoms with Crippen LogP contribution >= 0.6 is 0 Å². The average molecular weight is 222 g/mol. The maximum absolute atomic E-state index is 10.7. The topological polar surface area (TPSA) is 45.8 Å². The van der Waals surface area contributed by atoms with Gasteiger partial charge in [-0.15, -0.1) is 0 Å². The first-order valence-electron chi connectivity index (χ1n) is 6.36. The highest BCUT2D eigenvalue weighted by molar-refractivity contribution is 5.01. The predicted molar refractivity (Wildman–Crippen MR) is 66.6 cm³/mol. The van der Waals surface area contributed by atoms with Crippen molar-refractivity contribution in [2.24, 2.45) is 0 Å². The number of aryl methyl sites for hydroxylation is 1. The van der Waals surface area contributed by atoms with Gasteiger partial charge in [0.1, 0.15) is 0 Å². The van der Waals surface area contributed by atoms with Crippen molar-refractivity contribution < 1.29 is 0 Å². The molecule has 1 heterocycles. The molecule has 0 amide bonds. The number of hydrogen-bond acceptors (Lipinski definition) is 2. The maximum atomic E-state index is 10.7. The van der Waals surface area contributed by atoms with Gasteiger partial charge < -0.3 is 4.98 Å². The molecule has 3 heteroatoms. The molecule has 0 spiro atoms. The van der Waals surface area contributed by atoms with Crippen molar-refractivity contribution in [2.75, 3.05) is 0 Å². The molecule has 1 rings (SSSR count). The standard InChI is InChI=1S/C13H22N2O/c1-2-3-4-5-6-7-8-9-12-10-14-13(16)15-11-12/h10-11H,2-9H2,1H3,(H,14,15,16). The summed E-state index contributed by atoms with van der Waals surface area (Å²) in [7, 11) is 0. The molecule has 0 aliphatic carbocycles. The van der Waals surface area contributed by atoms with Gasteiger partial charge in [0.15, 0.2) is 0 Å². The van der Waals surface area contributed by atoms with Crippen LogP contribution in [0.25, 0.3) is 0 Å². The molecule has 0 saturated heterocycles. The largest absolute Gasteiger partial charge is 0.344 e. The van der Waals surface area contributed by atoms with Gasteiger partial charge in [0.25, 0.3) is 0 Å². The lowest BCUT2D eigenvalue weighted by Crippen LogP contribution is -2.09. The minimum absolute atomic E-state index is 0.261. The lowest BCUT2D eigenvalue weighted by Gasteiger charge is -2.01. The highest BCUT2D eigenvalue weighted by Crippen LogP contribution is 2.09. The van der Waals surface area contributed by atoms with Gasteiger partial charge in [-0.3, -0.25) is 0 Å². The Morgan fingerprint density at radius 2 is 1.81 bits per heavy atom. The lowest BCUT2D eigenvalue weighted by atomic mass is 10.1. The van der Waals surface area contributed by atoms with E-state index in [1.807, 2.05) is 0 Å². The second kappa shape index (κ2) is 8.08. The molecule has 0 atom stereocenters. The highest BCUT2D eigenvalue weighted by Gasteiger charge is 1.94. The minimum atomic E-state index is -0.261. The smallest absolute Gasteiger partial charge is 0.312 e. The predicted octanol–water partition coefficient (Wildman–Crippen LogP) is 3.06. The summed E-state index contributed by atoms with van der Waals surface area (Å²) < 4.78 is 0. The van der Waals surface area contributed by atoms with Crippen LogP contribution in [0.15, 0.2) is 17.2 Å². The molecule has 90 valence electrons. The lowest BCUT2D eigenvalue weighted by molar-refractivity contribution is 0.588. The molecule has 0 bridgehead atoms. The summed E-state index contributed by atoms with van der Waals surface area (Å²) >= 11 is 0. The second-order valence-corrected chi connectivity index (χ2v) is 4.30. The number of aromatic amines is 1. The molecule has 0 fully saturated rings. The molecule has 16 heavy (non-hydrogen) atoms. The molecule has 0 saturated carbocycles. The molecule has 0 unspecified atom stereocenters. The van der Waals surface area contributed by atoms with Gasteiger partial charge in [0, 0.05) is 12.4 Å². The van der Waals surface area contributed by atoms with Crippen molar-refractivity contribution in [1.29, 1.82) is 0 Å². The third-order valence-electron chi connectivity index (χ3n) is 2.80. The Hall–Kier alpha value is -1.12. The molecule has 0 aliphatic rings. The summed E-state index contributed by atoms with van der Waals surface area (Å²) in [5.74, 6) is 0. The van der Waals surface area contributed by atoms with Crippen LogP contribution in [0.5, 0.6) is 0 Å². The van der Waals surface area contributed by atoms with Gasteiger partial charge in [-0.05, 0) is 18.4 Å². The first-order chi connectivity index (χ1) is 7.83. The van der Waals surface area contributed by atoms with E-state index in [2.05, 4.69) is 16.9 Å². The first-order valence-corrected chi connectivity index (χ1v) is 6.36. The molecule has 1 N–H and O–H groups in total. The number of aromatic nitrogens is 2. The van der Waals surface area contributed by atoms with Crippen LogP contribution in [0.1, 0.15) is 57.4 Å². The summed E-state index contributed by atoms with van der Waals surface area (Å²) in [6.45, 7) is 2.24. The molecule has 1 aromatic heterocycles. The third kappa shape index (κ3) is 5.69. The Morgan fingerprint density at radius 3 is 2.44 bits per heavy atom. The highest BCUT2D eigenvalue weighted by atomic mass is 16.1. The Morgan fingerprint density at radius 1 is 1.12 bits per heavy atom. The molecule has 0 aromatic carbocycles. The van der Waals surface area contributed by atoms with Crippen molar-refractivity contribution in [3.63, 3.8) is 0 Å². The molecule has 0 aliphatic heterocycles. The Labute approximate surface area is 97.3 Å². The number of nitrogens with zero attached hydrogens (tertiary/aromatic N) is 1. The van der Waals surface area contributed by atoms with E-state index in [4.69, 9.17) is 0 Å². The van der Waals surface area contributed by atoms with Gasteiger partial charge in [-0.25, -0.2) is 9.78 Å². The van der Waals surface area contributed by atoms with Gasteiger partial charge in [-0.2, -0.15) is 0 Å². The number of hydrogen-bond donors (Lipinski definition) is 1. The fourth-order valence-electron chi connectivity index (χ4n) is 1.79. The Bertz CT molecular complexity index is 312. The quantitative estimate of drug-likeness (QED) is 0.687. The summed E-state index contributed by atoms with van der Waals surface area (Å²) in [5.41, 5.74) is 0.872. The number of nitrogens with one attached hydrogen (secondary N) is 1. The fraction of sp³-hybridized carbons (Fsp3) is 0.692. The van der Waals surface area contributed by atoms with Gasteiger partial charge in [-0.1, -0.05) is 45.4 Å². The first kappa shape index (κ1) is 12.9. The second-order valence-electron chi connectivity index (χ2n) is 4.30. The maximum Gasteiger partial charge on any atom is 0.344 e. The minimum Gasteiger partial charge on any atom is -0.312 e. The van der Waals surface area contributed by atoms with Crippen LogP contribution in [0, 0.1) is 0 Å². The van der Waals surface area contributed by atoms with E-state index in [0.717, 1.165) is 12.0 Å². The zero-order valence-electron chi connectivity index (χ0n) is 10.2. The van der Waals surface area contributed by atoms with E-state index in [9.17, 15) is 4.79 Å². The zero-order chi connectivity index (χ0) is 11.6. The van der Waals surface area contributed by atoms with Crippen LogP contribution in [0.2, 0.25) is 0 Å². The average Bonchev–Trinajstić information content (AvgIpc) is 2.30. The number of H-pyrrole nitrogens is 1. The third-order valence-corrected chi connectivity index (χ3v) is 2.80. The zero-order valence-corrected chi connectivity index (χ0v) is 10.2. The number of rotatable bonds is 8. The fourth-order valence-corrected chi connectivity index (χ4v) is 1.79. The van der Waals surface area contributed by atoms with Crippen molar-refractivity contribution >= 4 is 0 Å². The van der Waals surface area contributed by atoms with Crippen molar-refractivity contribution in [2.45, 2.75) is 58.3 Å². The van der Waals surface area contributed by atoms with Crippen LogP contribution in [0.4, 0.5) is 0 Å². The Balaban J connectivity index is 2.03. The summed E-state index contributed by atoms with van der Waals surface area (Å²) in [6, 6.07) is 0. The molecular weight excluding hydrogens is 200 g/mol. The summed E-state index contributed by atoms with van der Waals surface area (Å²) in [5, 5.41) is 0. The van der Waals surface area contributed by atoms with Crippen molar-refractivity contribution in [3.8, 4) is 0 Å². The van der Waals surface area contributed by atoms with Gasteiger partial charge in [0.05, 0.1) is 0 Å². The van der Waals surface area contributed by atoms with E-state index in [0.29, 0.717) is 0 Å². The normalized spacial score (nSPS) is 10.6. The van der Waals surface area contributed by atoms with Crippen LogP contribution in [0.3, 0.4) is 0 Å². The van der Waals surface area contributed by atoms with Crippen LogP contribution < -0.4 is 5.69 Å². The monoisotopic (exact) mass is 222 g/mol. The summed E-state index contributed by atoms with van der Waals surface area (Å²) in [4.78, 5) is 17.0. The van der Waals surface area contributed by atoms with Crippen LogP contribution in [-0.2, 0) is 6.42 Å². The van der Waals surface area contributed by atoms with E-state index >= 15 is 0 Å². The molecule has 1 aromatic rings. The van der Waals surface area contributed by atoms with Gasteiger partial charge in [0.2, 0.25) is 0 Å². The summed E-state index contributed by atoms with van der Waals surface area (Å²) in [6.07, 6.45) is 13.7. The van der Waals surface area contributed by atoms with Crippen molar-refractivity contribution in [3.05, 3.63) is 28.4 Å². The molecular formula is C13H22N2O. The number of unbranched alkanes of at least 4 members (excludes halogenated alkanes) is 6.